The van der Waals surface area contributed by atoms with Crippen molar-refractivity contribution < 1.29 is 9.32 Å². The van der Waals surface area contributed by atoms with Gasteiger partial charge in [0.15, 0.2) is 5.82 Å². The van der Waals surface area contributed by atoms with Crippen molar-refractivity contribution in [1.29, 1.82) is 0 Å². The van der Waals surface area contributed by atoms with Crippen molar-refractivity contribution in [1.82, 2.24) is 15.5 Å². The Morgan fingerprint density at radius 1 is 1.48 bits per heavy atom. The zero-order valence-electron chi connectivity index (χ0n) is 14.0. The molecule has 1 amide bonds. The third-order valence-electron chi connectivity index (χ3n) is 4.69. The van der Waals surface area contributed by atoms with Crippen molar-refractivity contribution in [3.8, 4) is 0 Å². The van der Waals surface area contributed by atoms with Gasteiger partial charge < -0.3 is 9.84 Å². The Bertz CT molecular complexity index is 691. The van der Waals surface area contributed by atoms with E-state index in [1.807, 2.05) is 25.3 Å². The van der Waals surface area contributed by atoms with Crippen LogP contribution in [0.15, 0.2) is 22.0 Å². The maximum Gasteiger partial charge on any atom is 0.232 e. The van der Waals surface area contributed by atoms with Crippen molar-refractivity contribution in [3.05, 3.63) is 34.1 Å². The fourth-order valence-corrected chi connectivity index (χ4v) is 4.20. The lowest BCUT2D eigenvalue weighted by molar-refractivity contribution is -0.124. The summed E-state index contributed by atoms with van der Waals surface area (Å²) in [4.78, 5) is 18.3. The molecule has 6 heteroatoms. The highest BCUT2D eigenvalue weighted by Gasteiger charge is 2.67. The fourth-order valence-electron chi connectivity index (χ4n) is 3.10. The minimum Gasteiger partial charge on any atom is -0.355 e. The zero-order valence-corrected chi connectivity index (χ0v) is 14.9. The molecule has 0 aliphatic heterocycles. The molecule has 1 aliphatic carbocycles. The van der Waals surface area contributed by atoms with Crippen LogP contribution in [0.5, 0.6) is 0 Å². The van der Waals surface area contributed by atoms with Crippen molar-refractivity contribution in [2.24, 2.45) is 5.41 Å². The number of carbonyl (C=O) groups excluding carboxylic acids is 1. The van der Waals surface area contributed by atoms with Crippen LogP contribution in [0, 0.1) is 5.41 Å². The molecule has 5 nitrogen and oxygen atoms in total. The summed E-state index contributed by atoms with van der Waals surface area (Å²) in [6.45, 7) is 8.87. The van der Waals surface area contributed by atoms with Crippen LogP contribution >= 0.6 is 11.3 Å². The van der Waals surface area contributed by atoms with E-state index in [9.17, 15) is 4.79 Å². The lowest BCUT2D eigenvalue weighted by Gasteiger charge is -2.18. The van der Waals surface area contributed by atoms with E-state index in [0.717, 1.165) is 11.3 Å². The largest absolute Gasteiger partial charge is 0.355 e. The van der Waals surface area contributed by atoms with E-state index >= 15 is 0 Å². The molecular weight excluding hydrogens is 310 g/mol. The van der Waals surface area contributed by atoms with Crippen LogP contribution in [0.2, 0.25) is 0 Å². The molecule has 1 fully saturated rings. The van der Waals surface area contributed by atoms with Gasteiger partial charge in [0.05, 0.1) is 5.41 Å². The normalized spacial score (nSPS) is 22.3. The number of hydrogen-bond donors (Lipinski definition) is 1. The molecule has 124 valence electrons. The highest BCUT2D eigenvalue weighted by atomic mass is 32.1. The second-order valence-corrected chi connectivity index (χ2v) is 8.10. The molecule has 1 atom stereocenters. The van der Waals surface area contributed by atoms with Gasteiger partial charge in [-0.3, -0.25) is 4.79 Å². The van der Waals surface area contributed by atoms with Gasteiger partial charge in [-0.1, -0.05) is 38.9 Å². The Morgan fingerprint density at radius 2 is 2.22 bits per heavy atom. The smallest absolute Gasteiger partial charge is 0.232 e. The molecule has 2 heterocycles. The third kappa shape index (κ3) is 2.80. The summed E-state index contributed by atoms with van der Waals surface area (Å²) in [5, 5.41) is 9.03. The molecule has 1 N–H and O–H groups in total. The maximum absolute atomic E-state index is 12.8. The van der Waals surface area contributed by atoms with Crippen LogP contribution in [0.25, 0.3) is 0 Å². The van der Waals surface area contributed by atoms with Crippen molar-refractivity contribution in [3.63, 3.8) is 0 Å². The van der Waals surface area contributed by atoms with E-state index in [0.29, 0.717) is 24.7 Å². The Labute approximate surface area is 140 Å². The monoisotopic (exact) mass is 333 g/mol. The SMILES string of the molecule is CC(C)c1noc(CCNC(=O)[C@@]2(c3cccs3)CC2(C)C)n1. The first-order valence-electron chi connectivity index (χ1n) is 8.01. The predicted molar refractivity (Wildman–Crippen MR) is 89.5 cm³/mol. The summed E-state index contributed by atoms with van der Waals surface area (Å²) in [6, 6.07) is 4.07. The molecule has 1 aliphatic rings. The standard InChI is InChI=1S/C17H23N3O2S/c1-11(2)14-19-13(22-20-14)7-8-18-15(21)17(10-16(17,3)4)12-6-5-9-23-12/h5-6,9,11H,7-8,10H2,1-4H3,(H,18,21)/t17-/m0/s1. The lowest BCUT2D eigenvalue weighted by atomic mass is 9.93. The van der Waals surface area contributed by atoms with Gasteiger partial charge in [-0.15, -0.1) is 11.3 Å². The summed E-state index contributed by atoms with van der Waals surface area (Å²) in [5.41, 5.74) is -0.365. The first-order valence-corrected chi connectivity index (χ1v) is 8.89. The second kappa shape index (κ2) is 5.74. The number of amides is 1. The predicted octanol–water partition coefficient (Wildman–Crippen LogP) is 3.28. The average Bonchev–Trinajstić information content (AvgIpc) is 2.97. The molecule has 0 bridgehead atoms. The van der Waals surface area contributed by atoms with E-state index in [4.69, 9.17) is 4.52 Å². The average molecular weight is 333 g/mol. The summed E-state index contributed by atoms with van der Waals surface area (Å²) in [7, 11) is 0. The molecule has 2 aromatic heterocycles. The third-order valence-corrected chi connectivity index (χ3v) is 5.72. The Hall–Kier alpha value is -1.69. The highest BCUT2D eigenvalue weighted by molar-refractivity contribution is 7.10. The Balaban J connectivity index is 1.61. The minimum atomic E-state index is -0.376. The number of nitrogens with one attached hydrogen (secondary N) is 1. The minimum absolute atomic E-state index is 0.0111. The van der Waals surface area contributed by atoms with E-state index in [-0.39, 0.29) is 22.7 Å². The number of rotatable bonds is 6. The maximum atomic E-state index is 12.8. The summed E-state index contributed by atoms with van der Waals surface area (Å²) in [6.07, 6.45) is 1.46. The van der Waals surface area contributed by atoms with Crippen molar-refractivity contribution >= 4 is 17.2 Å². The van der Waals surface area contributed by atoms with Gasteiger partial charge in [-0.25, -0.2) is 0 Å². The van der Waals surface area contributed by atoms with Gasteiger partial charge in [0.25, 0.3) is 0 Å². The van der Waals surface area contributed by atoms with Gasteiger partial charge in [0.1, 0.15) is 0 Å². The molecule has 23 heavy (non-hydrogen) atoms. The number of carbonyl (C=O) groups is 1. The van der Waals surface area contributed by atoms with Crippen LogP contribution < -0.4 is 5.32 Å². The van der Waals surface area contributed by atoms with Crippen molar-refractivity contribution in [2.45, 2.75) is 51.9 Å². The van der Waals surface area contributed by atoms with E-state index in [1.54, 1.807) is 11.3 Å². The van der Waals surface area contributed by atoms with Gasteiger partial charge in [-0.05, 0) is 23.3 Å². The van der Waals surface area contributed by atoms with Crippen LogP contribution in [-0.4, -0.2) is 22.6 Å². The summed E-state index contributed by atoms with van der Waals surface area (Å²) < 4.78 is 5.21. The number of nitrogens with zero attached hydrogens (tertiary/aromatic N) is 2. The van der Waals surface area contributed by atoms with Crippen LogP contribution in [0.3, 0.4) is 0 Å². The molecule has 0 saturated heterocycles. The molecule has 0 unspecified atom stereocenters. The number of hydrogen-bond acceptors (Lipinski definition) is 5. The first-order chi connectivity index (χ1) is 10.9. The second-order valence-electron chi connectivity index (χ2n) is 7.15. The first kappa shape index (κ1) is 16.2. The Kier molecular flexibility index (Phi) is 4.04. The quantitative estimate of drug-likeness (QED) is 0.881. The van der Waals surface area contributed by atoms with Crippen LogP contribution in [-0.2, 0) is 16.6 Å². The molecule has 3 rings (SSSR count). The summed E-state index contributed by atoms with van der Waals surface area (Å²) >= 11 is 1.66. The van der Waals surface area contributed by atoms with Gasteiger partial charge in [0, 0.05) is 23.8 Å². The zero-order chi connectivity index (χ0) is 16.7. The molecule has 0 spiro atoms. The molecule has 1 saturated carbocycles. The van der Waals surface area contributed by atoms with E-state index < -0.39 is 0 Å². The molecule has 0 aromatic carbocycles. The number of thiophene rings is 1. The fraction of sp³-hybridized carbons (Fsp3) is 0.588. The number of aromatic nitrogens is 2. The van der Waals surface area contributed by atoms with Crippen LogP contribution in [0.4, 0.5) is 0 Å². The molecule has 0 radical (unpaired) electrons. The van der Waals surface area contributed by atoms with Gasteiger partial charge >= 0.3 is 0 Å². The summed E-state index contributed by atoms with van der Waals surface area (Å²) in [5.74, 6) is 1.64. The van der Waals surface area contributed by atoms with Gasteiger partial charge in [-0.2, -0.15) is 4.98 Å². The van der Waals surface area contributed by atoms with E-state index in [1.165, 1.54) is 0 Å². The van der Waals surface area contributed by atoms with Crippen molar-refractivity contribution in [2.75, 3.05) is 6.54 Å². The van der Waals surface area contributed by atoms with E-state index in [2.05, 4.69) is 35.4 Å². The highest BCUT2D eigenvalue weighted by Crippen LogP contribution is 2.65. The Morgan fingerprint density at radius 3 is 2.74 bits per heavy atom. The lowest BCUT2D eigenvalue weighted by Crippen LogP contribution is -2.38. The molecular formula is C17H23N3O2S. The molecule has 2 aromatic rings. The van der Waals surface area contributed by atoms with Gasteiger partial charge in [0.2, 0.25) is 11.8 Å². The van der Waals surface area contributed by atoms with Crippen LogP contribution in [0.1, 0.15) is 56.6 Å². The topological polar surface area (TPSA) is 68.0 Å².